The highest BCUT2D eigenvalue weighted by Crippen LogP contribution is 2.39. The second kappa shape index (κ2) is 13.0. The number of fused-ring (bicyclic) bond motifs is 6. The molecule has 7 aromatic carbocycles. The van der Waals surface area contributed by atoms with Gasteiger partial charge in [-0.25, -0.2) is 24.9 Å². The molecule has 0 saturated carbocycles. The van der Waals surface area contributed by atoms with Crippen molar-refractivity contribution < 1.29 is 0 Å². The maximum absolute atomic E-state index is 5.25. The lowest BCUT2D eigenvalue weighted by atomic mass is 10.1. The minimum absolute atomic E-state index is 0.488. The van der Waals surface area contributed by atoms with Crippen LogP contribution in [0.15, 0.2) is 188 Å². The van der Waals surface area contributed by atoms with Crippen LogP contribution in [-0.4, -0.2) is 34.1 Å². The molecular weight excluding hydrogens is 687 g/mol. The normalized spacial score (nSPS) is 11.6. The van der Waals surface area contributed by atoms with Crippen molar-refractivity contribution in [2.24, 2.45) is 0 Å². The number of hydrogen-bond acceptors (Lipinski definition) is 5. The SMILES string of the molecule is c1ccc(-c2nc(-c3ccccc3)nc(-c3nc(-c4cccc(-n5c6ccccc6c6c7ccn(-c8ccccc8)c7ccc65)c4)nc4ccccc34)n2)cc1. The Hall–Kier alpha value is -7.77. The topological polar surface area (TPSA) is 74.3 Å². The van der Waals surface area contributed by atoms with Crippen LogP contribution in [0.1, 0.15) is 0 Å². The van der Waals surface area contributed by atoms with Crippen molar-refractivity contribution in [1.29, 1.82) is 0 Å². The fraction of sp³-hybridized carbons (Fsp3) is 0. The molecule has 0 unspecified atom stereocenters. The molecule has 262 valence electrons. The van der Waals surface area contributed by atoms with Gasteiger partial charge in [0.25, 0.3) is 0 Å². The molecule has 0 radical (unpaired) electrons. The number of para-hydroxylation sites is 3. The van der Waals surface area contributed by atoms with E-state index in [1.54, 1.807) is 0 Å². The fourth-order valence-corrected chi connectivity index (χ4v) is 7.85. The first-order chi connectivity index (χ1) is 27.8. The van der Waals surface area contributed by atoms with E-state index in [1.165, 1.54) is 21.7 Å². The van der Waals surface area contributed by atoms with Gasteiger partial charge in [-0.2, -0.15) is 0 Å². The Morgan fingerprint density at radius 2 is 0.893 bits per heavy atom. The first-order valence-corrected chi connectivity index (χ1v) is 18.6. The van der Waals surface area contributed by atoms with Crippen molar-refractivity contribution in [1.82, 2.24) is 34.1 Å². The summed E-state index contributed by atoms with van der Waals surface area (Å²) in [6.45, 7) is 0. The Kier molecular flexibility index (Phi) is 7.35. The van der Waals surface area contributed by atoms with Gasteiger partial charge in [-0.3, -0.25) is 0 Å². The third kappa shape index (κ3) is 5.25. The Morgan fingerprint density at radius 3 is 1.64 bits per heavy atom. The van der Waals surface area contributed by atoms with Gasteiger partial charge in [-0.1, -0.05) is 127 Å². The van der Waals surface area contributed by atoms with Crippen LogP contribution < -0.4 is 0 Å². The highest BCUT2D eigenvalue weighted by Gasteiger charge is 2.20. The molecule has 0 atom stereocenters. The van der Waals surface area contributed by atoms with E-state index in [-0.39, 0.29) is 0 Å². The van der Waals surface area contributed by atoms with Crippen molar-refractivity contribution in [3.05, 3.63) is 188 Å². The summed E-state index contributed by atoms with van der Waals surface area (Å²) in [5.74, 6) is 2.25. The molecule has 11 rings (SSSR count). The quantitative estimate of drug-likeness (QED) is 0.171. The summed E-state index contributed by atoms with van der Waals surface area (Å²) >= 11 is 0. The summed E-state index contributed by atoms with van der Waals surface area (Å²) in [7, 11) is 0. The molecule has 0 amide bonds. The van der Waals surface area contributed by atoms with Gasteiger partial charge in [-0.15, -0.1) is 0 Å². The van der Waals surface area contributed by atoms with Gasteiger partial charge < -0.3 is 9.13 Å². The van der Waals surface area contributed by atoms with Gasteiger partial charge >= 0.3 is 0 Å². The van der Waals surface area contributed by atoms with Crippen LogP contribution >= 0.6 is 0 Å². The average Bonchev–Trinajstić information content (AvgIpc) is 3.86. The summed E-state index contributed by atoms with van der Waals surface area (Å²) in [6.07, 6.45) is 2.17. The number of benzene rings is 7. The van der Waals surface area contributed by atoms with Crippen LogP contribution in [0, 0.1) is 0 Å². The Bertz CT molecular complexity index is 3180. The standard InChI is InChI=1S/C49H31N7/c1-4-15-32(16-5-1)46-52-47(33-17-6-2-7-18-33)54-49(53-46)45-37-23-10-12-25-40(37)50-48(51-45)34-19-14-22-36(31-34)56-42-26-13-11-24-38(42)44-39-29-30-55(35-20-8-3-9-21-35)41(39)27-28-43(44)56/h1-31H. The number of aromatic nitrogens is 7. The molecule has 0 saturated heterocycles. The van der Waals surface area contributed by atoms with Crippen molar-refractivity contribution in [2.75, 3.05) is 0 Å². The van der Waals surface area contributed by atoms with E-state index in [9.17, 15) is 0 Å². The first-order valence-electron chi connectivity index (χ1n) is 18.6. The van der Waals surface area contributed by atoms with E-state index in [1.807, 2.05) is 84.9 Å². The first kappa shape index (κ1) is 31.7. The molecule has 7 nitrogen and oxygen atoms in total. The number of hydrogen-bond donors (Lipinski definition) is 0. The molecule has 0 aliphatic rings. The van der Waals surface area contributed by atoms with Gasteiger partial charge in [0.2, 0.25) is 0 Å². The molecule has 0 fully saturated rings. The molecule has 7 heteroatoms. The fourth-order valence-electron chi connectivity index (χ4n) is 7.85. The summed E-state index contributed by atoms with van der Waals surface area (Å²) in [5.41, 5.74) is 9.74. The van der Waals surface area contributed by atoms with Crippen LogP contribution in [-0.2, 0) is 0 Å². The zero-order valence-electron chi connectivity index (χ0n) is 30.0. The largest absolute Gasteiger partial charge is 0.317 e. The summed E-state index contributed by atoms with van der Waals surface area (Å²) in [4.78, 5) is 25.4. The van der Waals surface area contributed by atoms with Crippen molar-refractivity contribution in [2.45, 2.75) is 0 Å². The van der Waals surface area contributed by atoms with E-state index in [0.717, 1.165) is 50.0 Å². The molecular formula is C49H31N7. The van der Waals surface area contributed by atoms with Gasteiger partial charge in [0.15, 0.2) is 23.3 Å². The van der Waals surface area contributed by atoms with Gasteiger partial charge in [0.05, 0.1) is 22.1 Å². The predicted molar refractivity (Wildman–Crippen MR) is 226 cm³/mol. The number of rotatable bonds is 6. The highest BCUT2D eigenvalue weighted by molar-refractivity contribution is 6.21. The maximum atomic E-state index is 5.25. The Labute approximate surface area is 321 Å². The number of nitrogens with zero attached hydrogens (tertiary/aromatic N) is 7. The average molecular weight is 718 g/mol. The minimum atomic E-state index is 0.488. The van der Waals surface area contributed by atoms with Crippen molar-refractivity contribution in [3.8, 4) is 57.1 Å². The van der Waals surface area contributed by atoms with E-state index in [2.05, 4.69) is 112 Å². The third-order valence-corrected chi connectivity index (χ3v) is 10.4. The van der Waals surface area contributed by atoms with E-state index < -0.39 is 0 Å². The monoisotopic (exact) mass is 717 g/mol. The lowest BCUT2D eigenvalue weighted by Gasteiger charge is -2.13. The van der Waals surface area contributed by atoms with Crippen molar-refractivity contribution >= 4 is 43.6 Å². The Morgan fingerprint density at radius 1 is 0.339 bits per heavy atom. The third-order valence-electron chi connectivity index (χ3n) is 10.4. The molecule has 0 bridgehead atoms. The molecule has 0 aliphatic heterocycles. The zero-order valence-corrected chi connectivity index (χ0v) is 30.0. The molecule has 4 aromatic heterocycles. The summed E-state index contributed by atoms with van der Waals surface area (Å²) < 4.78 is 4.61. The summed E-state index contributed by atoms with van der Waals surface area (Å²) in [5, 5.41) is 4.50. The van der Waals surface area contributed by atoms with Crippen molar-refractivity contribution in [3.63, 3.8) is 0 Å². The van der Waals surface area contributed by atoms with E-state index in [0.29, 0.717) is 29.0 Å². The van der Waals surface area contributed by atoms with Gasteiger partial charge in [0, 0.05) is 55.8 Å². The second-order valence-electron chi connectivity index (χ2n) is 13.8. The molecule has 0 spiro atoms. The molecule has 11 aromatic rings. The molecule has 0 N–H and O–H groups in total. The van der Waals surface area contributed by atoms with Crippen LogP contribution in [0.25, 0.3) is 101 Å². The molecule has 0 aliphatic carbocycles. The highest BCUT2D eigenvalue weighted by atomic mass is 15.1. The van der Waals surface area contributed by atoms with Crippen LogP contribution in [0.3, 0.4) is 0 Å². The predicted octanol–water partition coefficient (Wildman–Crippen LogP) is 11.5. The van der Waals surface area contributed by atoms with Gasteiger partial charge in [-0.05, 0) is 54.6 Å². The molecule has 4 heterocycles. The van der Waals surface area contributed by atoms with Crippen LogP contribution in [0.5, 0.6) is 0 Å². The zero-order chi connectivity index (χ0) is 37.0. The smallest absolute Gasteiger partial charge is 0.183 e. The second-order valence-corrected chi connectivity index (χ2v) is 13.8. The van der Waals surface area contributed by atoms with E-state index in [4.69, 9.17) is 24.9 Å². The lowest BCUT2D eigenvalue weighted by Crippen LogP contribution is -2.03. The lowest BCUT2D eigenvalue weighted by molar-refractivity contribution is 1.06. The van der Waals surface area contributed by atoms with Gasteiger partial charge in [0.1, 0.15) is 5.69 Å². The summed E-state index contributed by atoms with van der Waals surface area (Å²) in [6, 6.07) is 62.4. The van der Waals surface area contributed by atoms with E-state index >= 15 is 0 Å². The maximum Gasteiger partial charge on any atom is 0.183 e. The Balaban J connectivity index is 1.09. The minimum Gasteiger partial charge on any atom is -0.317 e. The van der Waals surface area contributed by atoms with Crippen LogP contribution in [0.2, 0.25) is 0 Å². The van der Waals surface area contributed by atoms with Crippen LogP contribution in [0.4, 0.5) is 0 Å². The molecule has 56 heavy (non-hydrogen) atoms.